The van der Waals surface area contributed by atoms with Crippen molar-refractivity contribution in [3.63, 3.8) is 0 Å². The average molecular weight is 279 g/mol. The third-order valence-corrected chi connectivity index (χ3v) is 3.54. The van der Waals surface area contributed by atoms with E-state index in [0.717, 1.165) is 18.4 Å². The van der Waals surface area contributed by atoms with Crippen LogP contribution in [0.5, 0.6) is 0 Å². The normalized spacial score (nSPS) is 16.0. The van der Waals surface area contributed by atoms with Crippen LogP contribution in [0.3, 0.4) is 0 Å². The Morgan fingerprint density at radius 3 is 2.70 bits per heavy atom. The van der Waals surface area contributed by atoms with Crippen molar-refractivity contribution in [2.45, 2.75) is 19.4 Å². The van der Waals surface area contributed by atoms with E-state index in [2.05, 4.69) is 15.5 Å². The van der Waals surface area contributed by atoms with E-state index in [1.807, 2.05) is 0 Å². The van der Waals surface area contributed by atoms with Crippen molar-refractivity contribution in [3.8, 4) is 0 Å². The van der Waals surface area contributed by atoms with Crippen LogP contribution in [-0.2, 0) is 11.3 Å². The number of likely N-dealkylation sites (tertiary alicyclic amines) is 1. The largest absolute Gasteiger partial charge is 0.352 e. The fourth-order valence-corrected chi connectivity index (χ4v) is 2.32. The van der Waals surface area contributed by atoms with E-state index in [1.54, 1.807) is 36.3 Å². The second kappa shape index (κ2) is 6.40. The van der Waals surface area contributed by atoms with Gasteiger partial charge in [0.2, 0.25) is 5.91 Å². The zero-order chi connectivity index (χ0) is 14.5. The number of H-pyrrole nitrogens is 1. The molecule has 1 aromatic heterocycles. The number of aromatic amines is 1. The summed E-state index contributed by atoms with van der Waals surface area (Å²) in [6, 6.07) is 0.0160. The van der Waals surface area contributed by atoms with Crippen molar-refractivity contribution in [2.24, 2.45) is 5.92 Å². The maximum atomic E-state index is 12.0. The first-order valence-corrected chi connectivity index (χ1v) is 6.79. The fraction of sp³-hybridized carbons (Fsp3) is 0.615. The van der Waals surface area contributed by atoms with Gasteiger partial charge in [-0.3, -0.25) is 9.89 Å². The summed E-state index contributed by atoms with van der Waals surface area (Å²) in [5.41, 5.74) is 0.957. The van der Waals surface area contributed by atoms with Gasteiger partial charge in [0, 0.05) is 51.4 Å². The molecule has 2 rings (SSSR count). The summed E-state index contributed by atoms with van der Waals surface area (Å²) in [6.45, 7) is 1.77. The average Bonchev–Trinajstić information content (AvgIpc) is 2.97. The minimum atomic E-state index is -0.00638. The van der Waals surface area contributed by atoms with Crippen molar-refractivity contribution in [1.82, 2.24) is 25.3 Å². The molecule has 0 unspecified atom stereocenters. The van der Waals surface area contributed by atoms with E-state index in [-0.39, 0.29) is 17.9 Å². The Kier molecular flexibility index (Phi) is 4.60. The van der Waals surface area contributed by atoms with Gasteiger partial charge >= 0.3 is 6.03 Å². The molecule has 3 amide bonds. The summed E-state index contributed by atoms with van der Waals surface area (Å²) in [7, 11) is 3.48. The van der Waals surface area contributed by atoms with Crippen molar-refractivity contribution in [3.05, 3.63) is 18.0 Å². The predicted molar refractivity (Wildman–Crippen MR) is 73.8 cm³/mol. The van der Waals surface area contributed by atoms with Gasteiger partial charge in [-0.2, -0.15) is 5.10 Å². The molecular formula is C13H21N5O2. The van der Waals surface area contributed by atoms with Gasteiger partial charge in [0.1, 0.15) is 0 Å². The lowest BCUT2D eigenvalue weighted by Gasteiger charge is -2.33. The quantitative estimate of drug-likeness (QED) is 0.841. The predicted octanol–water partition coefficient (Wildman–Crippen LogP) is 0.420. The number of nitrogens with zero attached hydrogens (tertiary/aromatic N) is 3. The highest BCUT2D eigenvalue weighted by atomic mass is 16.2. The van der Waals surface area contributed by atoms with E-state index >= 15 is 0 Å². The molecule has 7 nitrogen and oxygen atoms in total. The molecular weight excluding hydrogens is 258 g/mol. The molecule has 0 bridgehead atoms. The number of hydrogen-bond donors (Lipinski definition) is 2. The fourth-order valence-electron chi connectivity index (χ4n) is 2.32. The Bertz CT molecular complexity index is 449. The van der Waals surface area contributed by atoms with Crippen LogP contribution >= 0.6 is 0 Å². The Labute approximate surface area is 118 Å². The van der Waals surface area contributed by atoms with E-state index in [0.29, 0.717) is 19.6 Å². The molecule has 0 saturated carbocycles. The van der Waals surface area contributed by atoms with Crippen LogP contribution in [0, 0.1) is 5.92 Å². The van der Waals surface area contributed by atoms with Gasteiger partial charge in [0.25, 0.3) is 0 Å². The maximum Gasteiger partial charge on any atom is 0.319 e. The first-order chi connectivity index (χ1) is 9.58. The first kappa shape index (κ1) is 14.4. The van der Waals surface area contributed by atoms with E-state index < -0.39 is 0 Å². The second-order valence-corrected chi connectivity index (χ2v) is 5.26. The van der Waals surface area contributed by atoms with Crippen LogP contribution in [0.2, 0.25) is 0 Å². The third-order valence-electron chi connectivity index (χ3n) is 3.54. The van der Waals surface area contributed by atoms with Crippen LogP contribution in [0.1, 0.15) is 18.4 Å². The Morgan fingerprint density at radius 1 is 1.45 bits per heavy atom. The molecule has 1 aliphatic rings. The van der Waals surface area contributed by atoms with Gasteiger partial charge < -0.3 is 15.1 Å². The molecule has 1 saturated heterocycles. The summed E-state index contributed by atoms with van der Waals surface area (Å²) in [6.07, 6.45) is 4.89. The van der Waals surface area contributed by atoms with Gasteiger partial charge in [-0.25, -0.2) is 4.79 Å². The van der Waals surface area contributed by atoms with Crippen LogP contribution in [-0.4, -0.2) is 59.1 Å². The number of urea groups is 1. The number of aromatic nitrogens is 2. The van der Waals surface area contributed by atoms with Gasteiger partial charge in [0.05, 0.1) is 6.20 Å². The third kappa shape index (κ3) is 3.49. The Hall–Kier alpha value is -2.05. The molecule has 1 aliphatic heterocycles. The highest BCUT2D eigenvalue weighted by Gasteiger charge is 2.27. The highest BCUT2D eigenvalue weighted by molar-refractivity contribution is 5.79. The van der Waals surface area contributed by atoms with Crippen LogP contribution in [0.15, 0.2) is 12.4 Å². The maximum absolute atomic E-state index is 12.0. The van der Waals surface area contributed by atoms with Crippen molar-refractivity contribution in [1.29, 1.82) is 0 Å². The summed E-state index contributed by atoms with van der Waals surface area (Å²) in [5, 5.41) is 9.45. The lowest BCUT2D eigenvalue weighted by atomic mass is 9.96. The number of amides is 3. The molecule has 0 spiro atoms. The SMILES string of the molecule is CN(C)C(=O)N1CCC(C(=O)NCc2cn[nH]c2)CC1. The Balaban J connectivity index is 1.75. The van der Waals surface area contributed by atoms with Crippen molar-refractivity contribution in [2.75, 3.05) is 27.2 Å². The van der Waals surface area contributed by atoms with Crippen molar-refractivity contribution < 1.29 is 9.59 Å². The molecule has 2 heterocycles. The highest BCUT2D eigenvalue weighted by Crippen LogP contribution is 2.18. The Morgan fingerprint density at radius 2 is 2.15 bits per heavy atom. The minimum absolute atomic E-state index is 0.00638. The summed E-state index contributed by atoms with van der Waals surface area (Å²) in [5.74, 6) is 0.0521. The number of hydrogen-bond acceptors (Lipinski definition) is 3. The molecule has 1 fully saturated rings. The molecule has 110 valence electrons. The minimum Gasteiger partial charge on any atom is -0.352 e. The summed E-state index contributed by atoms with van der Waals surface area (Å²) in [4.78, 5) is 27.2. The first-order valence-electron chi connectivity index (χ1n) is 6.79. The lowest BCUT2D eigenvalue weighted by Crippen LogP contribution is -2.46. The number of carbonyl (C=O) groups excluding carboxylic acids is 2. The zero-order valence-electron chi connectivity index (χ0n) is 11.9. The topological polar surface area (TPSA) is 81.3 Å². The van der Waals surface area contributed by atoms with E-state index in [4.69, 9.17) is 0 Å². The molecule has 20 heavy (non-hydrogen) atoms. The lowest BCUT2D eigenvalue weighted by molar-refractivity contribution is -0.126. The standard InChI is InChI=1S/C13H21N5O2/c1-17(2)13(20)18-5-3-11(4-6-18)12(19)14-7-10-8-15-16-9-10/h8-9,11H,3-7H2,1-2H3,(H,14,19)(H,15,16). The van der Waals surface area contributed by atoms with Gasteiger partial charge in [0.15, 0.2) is 0 Å². The molecule has 0 atom stereocenters. The summed E-state index contributed by atoms with van der Waals surface area (Å²) >= 11 is 0. The van der Waals surface area contributed by atoms with Crippen LogP contribution in [0.4, 0.5) is 4.79 Å². The number of piperidine rings is 1. The zero-order valence-corrected chi connectivity index (χ0v) is 11.9. The second-order valence-electron chi connectivity index (χ2n) is 5.26. The monoisotopic (exact) mass is 279 g/mol. The van der Waals surface area contributed by atoms with Gasteiger partial charge in [-0.1, -0.05) is 0 Å². The van der Waals surface area contributed by atoms with E-state index in [1.165, 1.54) is 0 Å². The van der Waals surface area contributed by atoms with Crippen LogP contribution < -0.4 is 5.32 Å². The molecule has 0 radical (unpaired) electrons. The smallest absolute Gasteiger partial charge is 0.319 e. The summed E-state index contributed by atoms with van der Waals surface area (Å²) < 4.78 is 0. The number of rotatable bonds is 3. The number of carbonyl (C=O) groups is 2. The van der Waals surface area contributed by atoms with Gasteiger partial charge in [-0.05, 0) is 12.8 Å². The van der Waals surface area contributed by atoms with Gasteiger partial charge in [-0.15, -0.1) is 0 Å². The molecule has 0 aliphatic carbocycles. The molecule has 2 N–H and O–H groups in total. The molecule has 7 heteroatoms. The van der Waals surface area contributed by atoms with E-state index in [9.17, 15) is 9.59 Å². The molecule has 1 aromatic rings. The number of nitrogens with one attached hydrogen (secondary N) is 2. The molecule has 0 aromatic carbocycles. The van der Waals surface area contributed by atoms with Crippen LogP contribution in [0.25, 0.3) is 0 Å². The van der Waals surface area contributed by atoms with Crippen molar-refractivity contribution >= 4 is 11.9 Å².